The molecule has 0 aromatic carbocycles. The molecule has 1 aliphatic heterocycles. The van der Waals surface area contributed by atoms with E-state index in [-0.39, 0.29) is 12.0 Å². The number of carbonyl (C=O) groups is 1. The molecule has 12 heavy (non-hydrogen) atoms. The van der Waals surface area contributed by atoms with Crippen molar-refractivity contribution in [3.05, 3.63) is 0 Å². The normalized spacial score (nSPS) is 30.6. The van der Waals surface area contributed by atoms with Gasteiger partial charge >= 0.3 is 5.97 Å². The summed E-state index contributed by atoms with van der Waals surface area (Å²) in [6.07, 6.45) is 1.90. The van der Waals surface area contributed by atoms with E-state index in [4.69, 9.17) is 0 Å². The summed E-state index contributed by atoms with van der Waals surface area (Å²) < 4.78 is 4.65. The van der Waals surface area contributed by atoms with Gasteiger partial charge in [0.2, 0.25) is 0 Å². The highest BCUT2D eigenvalue weighted by molar-refractivity contribution is 5.75. The second-order valence-corrected chi connectivity index (χ2v) is 3.11. The number of methoxy groups -OCH3 is 1. The van der Waals surface area contributed by atoms with Gasteiger partial charge in [-0.05, 0) is 12.8 Å². The average molecular weight is 172 g/mol. The molecule has 2 unspecified atom stereocenters. The number of nitrogens with zero attached hydrogens (tertiary/aromatic N) is 1. The number of ether oxygens (including phenoxy) is 1. The molecular weight excluding hydrogens is 156 g/mol. The molecule has 0 aliphatic carbocycles. The molecule has 1 fully saturated rings. The molecule has 4 heteroatoms. The predicted octanol–water partition coefficient (Wildman–Crippen LogP) is 0.147. The fourth-order valence-electron chi connectivity index (χ4n) is 1.57. The molecule has 0 saturated carbocycles. The topological polar surface area (TPSA) is 41.6 Å². The highest BCUT2D eigenvalue weighted by Crippen LogP contribution is 2.16. The van der Waals surface area contributed by atoms with Crippen molar-refractivity contribution in [2.75, 3.05) is 14.2 Å². The van der Waals surface area contributed by atoms with Crippen molar-refractivity contribution in [2.45, 2.75) is 31.8 Å². The van der Waals surface area contributed by atoms with Gasteiger partial charge in [-0.3, -0.25) is 4.79 Å². The van der Waals surface area contributed by atoms with Crippen molar-refractivity contribution in [2.24, 2.45) is 0 Å². The molecule has 1 heterocycles. The fourth-order valence-corrected chi connectivity index (χ4v) is 1.57. The Morgan fingerprint density at radius 1 is 1.75 bits per heavy atom. The van der Waals surface area contributed by atoms with Crippen LogP contribution in [0.3, 0.4) is 0 Å². The van der Waals surface area contributed by atoms with E-state index in [0.29, 0.717) is 6.04 Å². The third-order valence-corrected chi connectivity index (χ3v) is 2.37. The Kier molecular flexibility index (Phi) is 3.05. The molecule has 0 spiro atoms. The van der Waals surface area contributed by atoms with E-state index < -0.39 is 0 Å². The Morgan fingerprint density at radius 2 is 2.42 bits per heavy atom. The van der Waals surface area contributed by atoms with Crippen molar-refractivity contribution < 1.29 is 9.53 Å². The molecule has 1 N–H and O–H groups in total. The molecule has 1 saturated heterocycles. The molecule has 0 bridgehead atoms. The second-order valence-electron chi connectivity index (χ2n) is 3.11. The lowest BCUT2D eigenvalue weighted by atomic mass is 10.1. The van der Waals surface area contributed by atoms with Gasteiger partial charge in [-0.15, -0.1) is 0 Å². The Balaban J connectivity index is 2.48. The van der Waals surface area contributed by atoms with Gasteiger partial charge in [0.1, 0.15) is 6.04 Å². The number of hydrazine groups is 1. The molecular formula is C8H16N2O2. The molecule has 0 radical (unpaired) electrons. The monoisotopic (exact) mass is 172 g/mol. The number of hydrogen-bond acceptors (Lipinski definition) is 4. The molecule has 70 valence electrons. The van der Waals surface area contributed by atoms with Crippen LogP contribution in [0.4, 0.5) is 0 Å². The molecule has 4 nitrogen and oxygen atoms in total. The van der Waals surface area contributed by atoms with E-state index >= 15 is 0 Å². The minimum Gasteiger partial charge on any atom is -0.468 e. The summed E-state index contributed by atoms with van der Waals surface area (Å²) in [7, 11) is 3.38. The Morgan fingerprint density at radius 3 is 2.83 bits per heavy atom. The van der Waals surface area contributed by atoms with Crippen LogP contribution in [0.2, 0.25) is 0 Å². The van der Waals surface area contributed by atoms with Crippen molar-refractivity contribution in [3.8, 4) is 0 Å². The zero-order valence-corrected chi connectivity index (χ0v) is 7.83. The smallest absolute Gasteiger partial charge is 0.324 e. The van der Waals surface area contributed by atoms with Gasteiger partial charge in [0.05, 0.1) is 7.11 Å². The summed E-state index contributed by atoms with van der Waals surface area (Å²) in [6.45, 7) is 2.11. The van der Waals surface area contributed by atoms with Gasteiger partial charge in [-0.2, -0.15) is 0 Å². The van der Waals surface area contributed by atoms with E-state index in [1.807, 2.05) is 12.1 Å². The zero-order valence-electron chi connectivity index (χ0n) is 7.83. The third kappa shape index (κ3) is 1.76. The van der Waals surface area contributed by atoms with Gasteiger partial charge < -0.3 is 4.74 Å². The van der Waals surface area contributed by atoms with Crippen LogP contribution >= 0.6 is 0 Å². The largest absolute Gasteiger partial charge is 0.468 e. The summed E-state index contributed by atoms with van der Waals surface area (Å²) in [5, 5.41) is 1.99. The summed E-state index contributed by atoms with van der Waals surface area (Å²) in [4.78, 5) is 11.1. The van der Waals surface area contributed by atoms with Crippen molar-refractivity contribution in [1.29, 1.82) is 0 Å². The van der Waals surface area contributed by atoms with Crippen molar-refractivity contribution >= 4 is 5.97 Å². The van der Waals surface area contributed by atoms with Gasteiger partial charge in [0, 0.05) is 13.1 Å². The first-order valence-electron chi connectivity index (χ1n) is 4.25. The van der Waals surface area contributed by atoms with Gasteiger partial charge in [-0.1, -0.05) is 6.92 Å². The number of nitrogens with one attached hydrogen (secondary N) is 1. The Bertz CT molecular complexity index is 172. The van der Waals surface area contributed by atoms with Crippen LogP contribution in [0, 0.1) is 0 Å². The van der Waals surface area contributed by atoms with E-state index in [9.17, 15) is 4.79 Å². The van der Waals surface area contributed by atoms with E-state index in [1.54, 1.807) is 0 Å². The predicted molar refractivity (Wildman–Crippen MR) is 45.4 cm³/mol. The maximum absolute atomic E-state index is 11.1. The minimum absolute atomic E-state index is 0.148. The maximum Gasteiger partial charge on any atom is 0.324 e. The lowest BCUT2D eigenvalue weighted by molar-refractivity contribution is -0.143. The quantitative estimate of drug-likeness (QED) is 0.602. The highest BCUT2D eigenvalue weighted by Gasteiger charge is 2.32. The first-order valence-corrected chi connectivity index (χ1v) is 4.25. The lowest BCUT2D eigenvalue weighted by Gasteiger charge is -2.16. The average Bonchev–Trinajstić information content (AvgIpc) is 2.45. The van der Waals surface area contributed by atoms with Crippen LogP contribution in [-0.2, 0) is 9.53 Å². The summed E-state index contributed by atoms with van der Waals surface area (Å²) in [5.41, 5.74) is 3.06. The van der Waals surface area contributed by atoms with Crippen LogP contribution in [0.25, 0.3) is 0 Å². The standard InChI is InChI=1S/C8H16N2O2/c1-4-6-5-7(8(11)12-3)9-10(6)2/h6-7,9H,4-5H2,1-3H3. The summed E-state index contributed by atoms with van der Waals surface area (Å²) >= 11 is 0. The number of hydrogen-bond donors (Lipinski definition) is 1. The fraction of sp³-hybridized carbons (Fsp3) is 0.875. The highest BCUT2D eigenvalue weighted by atomic mass is 16.5. The Labute approximate surface area is 72.8 Å². The van der Waals surface area contributed by atoms with Gasteiger partial charge in [-0.25, -0.2) is 10.4 Å². The zero-order chi connectivity index (χ0) is 9.14. The van der Waals surface area contributed by atoms with Crippen LogP contribution in [-0.4, -0.2) is 37.2 Å². The van der Waals surface area contributed by atoms with Gasteiger partial charge in [0.25, 0.3) is 0 Å². The van der Waals surface area contributed by atoms with Crippen LogP contribution < -0.4 is 5.43 Å². The number of esters is 1. The van der Waals surface area contributed by atoms with E-state index in [1.165, 1.54) is 7.11 Å². The molecule has 0 aromatic rings. The SMILES string of the molecule is CCC1CC(C(=O)OC)NN1C. The molecule has 2 atom stereocenters. The maximum atomic E-state index is 11.1. The molecule has 0 amide bonds. The minimum atomic E-state index is -0.169. The number of rotatable bonds is 2. The first-order chi connectivity index (χ1) is 5.69. The Hall–Kier alpha value is -0.610. The third-order valence-electron chi connectivity index (χ3n) is 2.37. The van der Waals surface area contributed by atoms with Crippen LogP contribution in [0.15, 0.2) is 0 Å². The molecule has 1 aliphatic rings. The number of carbonyl (C=O) groups excluding carboxylic acids is 1. The van der Waals surface area contributed by atoms with Crippen LogP contribution in [0.1, 0.15) is 19.8 Å². The summed E-state index contributed by atoms with van der Waals surface area (Å²) in [6, 6.07) is 0.305. The van der Waals surface area contributed by atoms with Crippen molar-refractivity contribution in [3.63, 3.8) is 0 Å². The molecule has 0 aromatic heterocycles. The van der Waals surface area contributed by atoms with Crippen LogP contribution in [0.5, 0.6) is 0 Å². The van der Waals surface area contributed by atoms with Crippen molar-refractivity contribution in [1.82, 2.24) is 10.4 Å². The lowest BCUT2D eigenvalue weighted by Crippen LogP contribution is -2.39. The van der Waals surface area contributed by atoms with Gasteiger partial charge in [0.15, 0.2) is 0 Å². The second kappa shape index (κ2) is 3.87. The van der Waals surface area contributed by atoms with E-state index in [2.05, 4.69) is 17.1 Å². The summed E-state index contributed by atoms with van der Waals surface area (Å²) in [5.74, 6) is -0.169. The first kappa shape index (κ1) is 9.48. The molecule has 1 rings (SSSR count). The van der Waals surface area contributed by atoms with E-state index in [0.717, 1.165) is 12.8 Å².